The van der Waals surface area contributed by atoms with Gasteiger partial charge in [-0.2, -0.15) is 0 Å². The Balaban J connectivity index is 2.28. The van der Waals surface area contributed by atoms with Crippen molar-refractivity contribution in [3.05, 3.63) is 106 Å². The fraction of sp³-hybridized carbons (Fsp3) is 0.222. The average molecular weight is 368 g/mol. The van der Waals surface area contributed by atoms with Gasteiger partial charge in [-0.15, -0.1) is 0 Å². The van der Waals surface area contributed by atoms with Crippen molar-refractivity contribution in [2.45, 2.75) is 41.5 Å². The Morgan fingerprint density at radius 1 is 0.679 bits per heavy atom. The fourth-order valence-corrected chi connectivity index (χ4v) is 4.16. The molecule has 0 aliphatic heterocycles. The molecule has 28 heavy (non-hydrogen) atoms. The first kappa shape index (κ1) is 20.3. The predicted octanol–water partition coefficient (Wildman–Crippen LogP) is 6.26. The minimum atomic E-state index is 0.117. The molecule has 0 amide bonds. The van der Waals surface area contributed by atoms with Gasteiger partial charge in [-0.1, -0.05) is 41.3 Å². The quantitative estimate of drug-likeness (QED) is 0.490. The summed E-state index contributed by atoms with van der Waals surface area (Å²) in [7, 11) is 0. The van der Waals surface area contributed by atoms with Crippen LogP contribution in [0.15, 0.2) is 30.0 Å². The van der Waals surface area contributed by atoms with Gasteiger partial charge >= 0.3 is 0 Å². The summed E-state index contributed by atoms with van der Waals surface area (Å²) in [6, 6.07) is 8.66. The lowest BCUT2D eigenvalue weighted by Gasteiger charge is -2.20. The van der Waals surface area contributed by atoms with Crippen molar-refractivity contribution in [3.63, 3.8) is 0 Å². The van der Waals surface area contributed by atoms with E-state index in [0.717, 1.165) is 44.9 Å². The highest BCUT2D eigenvalue weighted by molar-refractivity contribution is 5.89. The van der Waals surface area contributed by atoms with Crippen LogP contribution in [0.1, 0.15) is 44.5 Å². The molecule has 1 aliphatic rings. The molecule has 0 saturated heterocycles. The summed E-state index contributed by atoms with van der Waals surface area (Å²) in [4.78, 5) is 0. The van der Waals surface area contributed by atoms with E-state index >= 15 is 0 Å². The van der Waals surface area contributed by atoms with Crippen molar-refractivity contribution in [1.29, 1.82) is 0 Å². The molecule has 0 atom stereocenters. The zero-order chi connectivity index (χ0) is 20.4. The van der Waals surface area contributed by atoms with Crippen LogP contribution in [-0.2, 0) is 0 Å². The van der Waals surface area contributed by atoms with Gasteiger partial charge in [0, 0.05) is 5.57 Å². The summed E-state index contributed by atoms with van der Waals surface area (Å²) in [5, 5.41) is 11.2. The first-order valence-electron chi connectivity index (χ1n) is 9.61. The van der Waals surface area contributed by atoms with Gasteiger partial charge in [0.1, 0.15) is 0 Å². The molecule has 1 heteroatoms. The van der Waals surface area contributed by atoms with E-state index in [-0.39, 0.29) is 5.76 Å². The molecule has 1 N–H and O–H groups in total. The molecule has 0 unspecified atom stereocenters. The summed E-state index contributed by atoms with van der Waals surface area (Å²) in [5.74, 6) is 7.11. The lowest BCUT2D eigenvalue weighted by Crippen LogP contribution is -2.04. The molecular formula is C27H27O. The Morgan fingerprint density at radius 3 is 1.46 bits per heavy atom. The second-order valence-electron chi connectivity index (χ2n) is 7.69. The maximum Gasteiger partial charge on any atom is 0.175 e. The lowest BCUT2D eigenvalue weighted by atomic mass is 9.84. The van der Waals surface area contributed by atoms with Crippen LogP contribution in [0.2, 0.25) is 0 Å². The third-order valence-electron chi connectivity index (χ3n) is 5.08. The lowest BCUT2D eigenvalue weighted by molar-refractivity contribution is 0.441. The Bertz CT molecular complexity index is 883. The number of aryl methyl sites for hydroxylation is 6. The number of benzene rings is 2. The Labute approximate surface area is 170 Å². The van der Waals surface area contributed by atoms with Crippen LogP contribution in [0.3, 0.4) is 0 Å². The van der Waals surface area contributed by atoms with Crippen molar-refractivity contribution in [3.8, 4) is 11.8 Å². The zero-order valence-electron chi connectivity index (χ0n) is 17.6. The first-order valence-corrected chi connectivity index (χ1v) is 9.61. The molecule has 141 valence electrons. The van der Waals surface area contributed by atoms with Crippen molar-refractivity contribution >= 4 is 5.57 Å². The predicted molar refractivity (Wildman–Crippen MR) is 118 cm³/mol. The van der Waals surface area contributed by atoms with E-state index in [9.17, 15) is 5.11 Å². The molecule has 3 rings (SSSR count). The monoisotopic (exact) mass is 367 g/mol. The largest absolute Gasteiger partial charge is 0.500 e. The van der Waals surface area contributed by atoms with Gasteiger partial charge in [-0.05, 0) is 107 Å². The van der Waals surface area contributed by atoms with Crippen molar-refractivity contribution in [1.82, 2.24) is 0 Å². The second kappa shape index (κ2) is 8.27. The van der Waals surface area contributed by atoms with E-state index in [4.69, 9.17) is 0 Å². The van der Waals surface area contributed by atoms with E-state index < -0.39 is 0 Å². The van der Waals surface area contributed by atoms with Crippen LogP contribution in [0.4, 0.5) is 0 Å². The Kier molecular flexibility index (Phi) is 5.99. The van der Waals surface area contributed by atoms with Gasteiger partial charge in [0.25, 0.3) is 0 Å². The van der Waals surface area contributed by atoms with Crippen molar-refractivity contribution in [2.75, 3.05) is 0 Å². The topological polar surface area (TPSA) is 20.2 Å². The summed E-state index contributed by atoms with van der Waals surface area (Å²) >= 11 is 0. The number of rotatable bonds is 2. The van der Waals surface area contributed by atoms with E-state index in [1.54, 1.807) is 0 Å². The second-order valence-corrected chi connectivity index (χ2v) is 7.69. The zero-order valence-corrected chi connectivity index (χ0v) is 17.6. The van der Waals surface area contributed by atoms with Gasteiger partial charge in [0.2, 0.25) is 0 Å². The molecule has 1 aliphatic carbocycles. The normalized spacial score (nSPS) is 13.9. The highest BCUT2D eigenvalue weighted by atomic mass is 16.3. The van der Waals surface area contributed by atoms with Crippen LogP contribution < -0.4 is 0 Å². The van der Waals surface area contributed by atoms with Crippen LogP contribution in [-0.4, -0.2) is 5.11 Å². The smallest absolute Gasteiger partial charge is 0.175 e. The third kappa shape index (κ3) is 4.17. The molecule has 2 aromatic carbocycles. The standard InChI is InChI=1S/C27H27O/c1-17-13-19(3)25(20(4)14-17)27(24(28)12-11-23-9-7-8-10-23)26-21(5)15-18(2)16-22(26)6/h7-10,13-16,28H,1-6H3. The van der Waals surface area contributed by atoms with E-state index in [1.165, 1.54) is 11.1 Å². The number of hydrogen-bond donors (Lipinski definition) is 1. The Morgan fingerprint density at radius 2 is 1.07 bits per heavy atom. The maximum absolute atomic E-state index is 11.2. The van der Waals surface area contributed by atoms with Gasteiger partial charge in [0.05, 0.1) is 5.92 Å². The molecule has 0 aromatic heterocycles. The molecule has 0 heterocycles. The number of aliphatic hydroxyl groups excluding tert-OH is 1. The minimum absolute atomic E-state index is 0.117. The number of hydrogen-bond acceptors (Lipinski definition) is 1. The molecule has 0 spiro atoms. The molecule has 5 radical (unpaired) electrons. The number of aliphatic hydroxyl groups is 1. The summed E-state index contributed by atoms with van der Waals surface area (Å²) < 4.78 is 0. The van der Waals surface area contributed by atoms with Crippen LogP contribution >= 0.6 is 0 Å². The molecule has 0 bridgehead atoms. The van der Waals surface area contributed by atoms with E-state index in [2.05, 4.69) is 77.6 Å². The highest BCUT2D eigenvalue weighted by Gasteiger charge is 2.20. The summed E-state index contributed by atoms with van der Waals surface area (Å²) in [6.45, 7) is 12.6. The van der Waals surface area contributed by atoms with Gasteiger partial charge < -0.3 is 5.11 Å². The maximum atomic E-state index is 11.2. The van der Waals surface area contributed by atoms with Crippen molar-refractivity contribution < 1.29 is 5.11 Å². The van der Waals surface area contributed by atoms with Crippen molar-refractivity contribution in [2.24, 2.45) is 0 Å². The van der Waals surface area contributed by atoms with E-state index in [0.29, 0.717) is 0 Å². The molecule has 1 fully saturated rings. The summed E-state index contributed by atoms with van der Waals surface area (Å²) in [5.41, 5.74) is 9.98. The van der Waals surface area contributed by atoms with Crippen LogP contribution in [0, 0.1) is 85.0 Å². The SMILES string of the molecule is Cc1cc(C)c(C(=C(O)C#C[C]2[CH][CH][CH][CH]2)c2c(C)cc(C)cc2C)c(C)c1. The van der Waals surface area contributed by atoms with Gasteiger partial charge in [0.15, 0.2) is 5.76 Å². The third-order valence-corrected chi connectivity index (χ3v) is 5.08. The highest BCUT2D eigenvalue weighted by Crippen LogP contribution is 2.36. The number of allylic oxidation sites excluding steroid dienone is 1. The Hall–Kier alpha value is -2.46. The van der Waals surface area contributed by atoms with Crippen LogP contribution in [0.5, 0.6) is 0 Å². The first-order chi connectivity index (χ1) is 13.3. The van der Waals surface area contributed by atoms with E-state index in [1.807, 2.05) is 25.7 Å². The molecule has 2 aromatic rings. The minimum Gasteiger partial charge on any atom is -0.500 e. The molecule has 1 nitrogen and oxygen atoms in total. The average Bonchev–Trinajstić information content (AvgIpc) is 3.10. The van der Waals surface area contributed by atoms with Gasteiger partial charge in [-0.25, -0.2) is 0 Å². The summed E-state index contributed by atoms with van der Waals surface area (Å²) in [6.07, 6.45) is 7.80. The van der Waals surface area contributed by atoms with Gasteiger partial charge in [-0.3, -0.25) is 0 Å². The molecule has 1 saturated carbocycles. The fourth-order valence-electron chi connectivity index (χ4n) is 4.16. The molecular weight excluding hydrogens is 340 g/mol. The van der Waals surface area contributed by atoms with Crippen LogP contribution in [0.25, 0.3) is 5.57 Å².